The van der Waals surface area contributed by atoms with E-state index in [-0.39, 0.29) is 5.56 Å². The second-order valence-electron chi connectivity index (χ2n) is 6.94. The number of carbonyl (C=O) groups is 1. The molecule has 1 atom stereocenters. The molecule has 4 nitrogen and oxygen atoms in total. The third-order valence-electron chi connectivity index (χ3n) is 5.42. The van der Waals surface area contributed by atoms with Gasteiger partial charge in [0.1, 0.15) is 17.1 Å². The second kappa shape index (κ2) is 8.26. The van der Waals surface area contributed by atoms with Gasteiger partial charge in [0, 0.05) is 10.6 Å². The highest BCUT2D eigenvalue weighted by molar-refractivity contribution is 7.93. The Morgan fingerprint density at radius 3 is 1.90 bits per heavy atom. The predicted octanol–water partition coefficient (Wildman–Crippen LogP) is 4.78. The lowest BCUT2D eigenvalue weighted by Gasteiger charge is -2.23. The van der Waals surface area contributed by atoms with E-state index in [1.807, 2.05) is 39.0 Å². The van der Waals surface area contributed by atoms with Crippen LogP contribution in [-0.2, 0) is 4.57 Å². The van der Waals surface area contributed by atoms with Crippen molar-refractivity contribution in [1.29, 1.82) is 0 Å². The van der Waals surface area contributed by atoms with Crippen molar-refractivity contribution in [3.63, 3.8) is 0 Å². The summed E-state index contributed by atoms with van der Waals surface area (Å²) in [5, 5.41) is 1.04. The molecule has 150 valence electrons. The number of hydrogen-bond donors (Lipinski definition) is 0. The fourth-order valence-corrected chi connectivity index (χ4v) is 6.29. The first-order valence-electron chi connectivity index (χ1n) is 9.35. The Kier molecular flexibility index (Phi) is 5.95. The van der Waals surface area contributed by atoms with Crippen LogP contribution in [0, 0.1) is 20.8 Å². The van der Waals surface area contributed by atoms with Crippen molar-refractivity contribution in [2.75, 3.05) is 14.2 Å². The molecule has 1 unspecified atom stereocenters. The van der Waals surface area contributed by atoms with Crippen molar-refractivity contribution < 1.29 is 18.8 Å². The molecule has 3 rings (SSSR count). The highest BCUT2D eigenvalue weighted by atomic mass is 31.2. The van der Waals surface area contributed by atoms with Gasteiger partial charge in [0.25, 0.3) is 0 Å². The largest absolute Gasteiger partial charge is 0.496 e. The van der Waals surface area contributed by atoms with E-state index in [2.05, 4.69) is 0 Å². The Morgan fingerprint density at radius 2 is 1.34 bits per heavy atom. The van der Waals surface area contributed by atoms with Crippen LogP contribution in [-0.4, -0.2) is 19.7 Å². The van der Waals surface area contributed by atoms with Crippen molar-refractivity contribution in [3.05, 3.63) is 82.9 Å². The molecule has 3 aromatic carbocycles. The van der Waals surface area contributed by atoms with E-state index in [1.54, 1.807) is 42.5 Å². The topological polar surface area (TPSA) is 52.6 Å². The van der Waals surface area contributed by atoms with Gasteiger partial charge in [-0.3, -0.25) is 4.79 Å². The van der Waals surface area contributed by atoms with Gasteiger partial charge < -0.3 is 14.0 Å². The molecule has 29 heavy (non-hydrogen) atoms. The molecule has 3 aromatic rings. The molecule has 0 heterocycles. The van der Waals surface area contributed by atoms with E-state index in [0.29, 0.717) is 22.1 Å². The Hall–Kier alpha value is -2.84. The van der Waals surface area contributed by atoms with Gasteiger partial charge in [-0.05, 0) is 49.6 Å². The monoisotopic (exact) mass is 408 g/mol. The van der Waals surface area contributed by atoms with Crippen LogP contribution in [0.5, 0.6) is 11.5 Å². The van der Waals surface area contributed by atoms with E-state index in [0.717, 1.165) is 16.7 Å². The smallest absolute Gasteiger partial charge is 0.237 e. The summed E-state index contributed by atoms with van der Waals surface area (Å²) in [5.41, 5.74) is 2.68. The average molecular weight is 408 g/mol. The normalized spacial score (nSPS) is 12.9. The van der Waals surface area contributed by atoms with Gasteiger partial charge in [0.15, 0.2) is 0 Å². The summed E-state index contributed by atoms with van der Waals surface area (Å²) >= 11 is 0. The summed E-state index contributed by atoms with van der Waals surface area (Å²) in [6.07, 6.45) is 0. The lowest BCUT2D eigenvalue weighted by Crippen LogP contribution is -2.26. The first-order valence-corrected chi connectivity index (χ1v) is 11.1. The lowest BCUT2D eigenvalue weighted by atomic mass is 10.1. The van der Waals surface area contributed by atoms with E-state index in [1.165, 1.54) is 14.2 Å². The molecule has 0 saturated carbocycles. The average Bonchev–Trinajstić information content (AvgIpc) is 2.76. The number of hydrogen-bond acceptors (Lipinski definition) is 4. The molecule has 0 N–H and O–H groups in total. The summed E-state index contributed by atoms with van der Waals surface area (Å²) in [6, 6.07) is 17.8. The zero-order chi connectivity index (χ0) is 21.2. The van der Waals surface area contributed by atoms with E-state index >= 15 is 0 Å². The molecule has 0 fully saturated rings. The van der Waals surface area contributed by atoms with Crippen molar-refractivity contribution in [2.24, 2.45) is 0 Å². The highest BCUT2D eigenvalue weighted by Gasteiger charge is 2.41. The first-order chi connectivity index (χ1) is 13.9. The second-order valence-corrected chi connectivity index (χ2v) is 9.56. The number of benzene rings is 3. The maximum atomic E-state index is 14.7. The third kappa shape index (κ3) is 3.49. The van der Waals surface area contributed by atoms with Crippen LogP contribution in [0.1, 0.15) is 27.0 Å². The van der Waals surface area contributed by atoms with Gasteiger partial charge in [-0.15, -0.1) is 0 Å². The van der Waals surface area contributed by atoms with Crippen LogP contribution < -0.4 is 20.1 Å². The van der Waals surface area contributed by atoms with E-state index in [4.69, 9.17) is 9.47 Å². The highest BCUT2D eigenvalue weighted by Crippen LogP contribution is 2.51. The van der Waals surface area contributed by atoms with E-state index < -0.39 is 12.7 Å². The van der Waals surface area contributed by atoms with Crippen LogP contribution in [0.3, 0.4) is 0 Å². The summed E-state index contributed by atoms with van der Waals surface area (Å²) in [6.45, 7) is 5.91. The number of methoxy groups -OCH3 is 2. The fourth-order valence-electron chi connectivity index (χ4n) is 3.51. The van der Waals surface area contributed by atoms with Crippen molar-refractivity contribution >= 4 is 23.3 Å². The molecule has 0 aromatic heterocycles. The molecule has 5 heteroatoms. The molecule has 0 saturated heterocycles. The molecule has 0 aliphatic carbocycles. The van der Waals surface area contributed by atoms with Gasteiger partial charge in [-0.1, -0.05) is 48.5 Å². The summed E-state index contributed by atoms with van der Waals surface area (Å²) in [7, 11) is -0.728. The van der Waals surface area contributed by atoms with Gasteiger partial charge in [-0.2, -0.15) is 0 Å². The minimum atomic E-state index is -3.70. The lowest BCUT2D eigenvalue weighted by molar-refractivity contribution is 0.107. The summed E-state index contributed by atoms with van der Waals surface area (Å²) in [5.74, 6) is 0.680. The van der Waals surface area contributed by atoms with Crippen molar-refractivity contribution in [3.8, 4) is 11.5 Å². The molecular weight excluding hydrogens is 383 g/mol. The zero-order valence-electron chi connectivity index (χ0n) is 17.4. The number of carbonyl (C=O) groups excluding carboxylic acids is 1. The summed E-state index contributed by atoms with van der Waals surface area (Å²) < 4.78 is 25.5. The molecule has 0 aliphatic heterocycles. The number of aryl methyl sites for hydroxylation is 1. The van der Waals surface area contributed by atoms with Crippen LogP contribution in [0.2, 0.25) is 0 Å². The number of rotatable bonds is 6. The zero-order valence-corrected chi connectivity index (χ0v) is 18.2. The minimum absolute atomic E-state index is 0.197. The van der Waals surface area contributed by atoms with Crippen LogP contribution in [0.25, 0.3) is 0 Å². The van der Waals surface area contributed by atoms with Crippen LogP contribution in [0.4, 0.5) is 0 Å². The minimum Gasteiger partial charge on any atom is -0.496 e. The quantitative estimate of drug-likeness (QED) is 0.551. The molecule has 0 amide bonds. The number of ether oxygens (including phenoxy) is 2. The van der Waals surface area contributed by atoms with Crippen molar-refractivity contribution in [1.82, 2.24) is 0 Å². The molecular formula is C24H25O4P. The molecule has 0 radical (unpaired) electrons. The molecule has 0 aliphatic rings. The van der Waals surface area contributed by atoms with Crippen LogP contribution >= 0.6 is 7.14 Å². The predicted molar refractivity (Wildman–Crippen MR) is 118 cm³/mol. The Morgan fingerprint density at radius 1 is 0.759 bits per heavy atom. The fraction of sp³-hybridized carbons (Fsp3) is 0.208. The molecule has 0 bridgehead atoms. The third-order valence-corrected chi connectivity index (χ3v) is 8.40. The van der Waals surface area contributed by atoms with Gasteiger partial charge in [0.05, 0.1) is 14.2 Å². The molecule has 0 spiro atoms. The maximum Gasteiger partial charge on any atom is 0.237 e. The van der Waals surface area contributed by atoms with Crippen LogP contribution in [0.15, 0.2) is 60.7 Å². The first kappa shape index (κ1) is 20.9. The van der Waals surface area contributed by atoms with Gasteiger partial charge >= 0.3 is 0 Å². The van der Waals surface area contributed by atoms with E-state index in [9.17, 15) is 9.36 Å². The Bertz CT molecular complexity index is 1080. The SMILES string of the molecule is COc1cccc(OC)c1C(=O)P(=O)(c1ccccc1)c1ccc(C)c(C)c1C. The Labute approximate surface area is 171 Å². The van der Waals surface area contributed by atoms with Gasteiger partial charge in [0.2, 0.25) is 12.7 Å². The Balaban J connectivity index is 2.37. The van der Waals surface area contributed by atoms with Crippen molar-refractivity contribution in [2.45, 2.75) is 20.8 Å². The van der Waals surface area contributed by atoms with Gasteiger partial charge in [-0.25, -0.2) is 0 Å². The summed E-state index contributed by atoms with van der Waals surface area (Å²) in [4.78, 5) is 14.0. The standard InChI is InChI=1S/C24H25O4P/c1-16-14-15-22(18(3)17(16)2)29(26,19-10-7-6-8-11-19)24(25)23-20(27-4)12-9-13-21(23)28-5/h6-15H,1-5H3. The maximum absolute atomic E-state index is 14.7.